The Morgan fingerprint density at radius 1 is 0.895 bits per heavy atom. The number of rotatable bonds is 3. The molecule has 0 aromatic rings. The van der Waals surface area contributed by atoms with Crippen LogP contribution in [0.15, 0.2) is 0 Å². The first-order chi connectivity index (χ1) is 9.30. The Hall–Kier alpha value is -0.160. The van der Waals surface area contributed by atoms with Crippen molar-refractivity contribution in [2.45, 2.75) is 69.2 Å². The highest BCUT2D eigenvalue weighted by Crippen LogP contribution is 2.36. The fourth-order valence-electron chi connectivity index (χ4n) is 3.85. The molecule has 0 unspecified atom stereocenters. The molecule has 0 atom stereocenters. The Bertz CT molecular complexity index is 273. The number of ether oxygens (including phenoxy) is 2. The van der Waals surface area contributed by atoms with Gasteiger partial charge in [0.2, 0.25) is 0 Å². The van der Waals surface area contributed by atoms with Gasteiger partial charge in [0, 0.05) is 31.5 Å². The van der Waals surface area contributed by atoms with E-state index in [1.807, 2.05) is 0 Å². The second-order valence-corrected chi connectivity index (χ2v) is 6.45. The van der Waals surface area contributed by atoms with Gasteiger partial charge in [-0.3, -0.25) is 0 Å². The topological polar surface area (TPSA) is 50.7 Å². The van der Waals surface area contributed by atoms with Crippen LogP contribution in [-0.2, 0) is 9.47 Å². The molecule has 0 radical (unpaired) electrons. The summed E-state index contributed by atoms with van der Waals surface area (Å²) in [4.78, 5) is 0. The Kier molecular flexibility index (Phi) is 4.42. The summed E-state index contributed by atoms with van der Waals surface area (Å²) >= 11 is 0. The molecule has 2 saturated carbocycles. The van der Waals surface area contributed by atoms with Crippen LogP contribution in [0.3, 0.4) is 0 Å². The standard InChI is InChI=1S/C15H27NO3/c17-11-12-1-3-13(4-2-12)16-14-5-7-15(8-6-14)18-9-10-19-15/h12-14,16-17H,1-11H2. The third-order valence-electron chi connectivity index (χ3n) is 5.14. The third-order valence-corrected chi connectivity index (χ3v) is 5.14. The number of hydrogen-bond acceptors (Lipinski definition) is 4. The van der Waals surface area contributed by atoms with Crippen molar-refractivity contribution in [2.75, 3.05) is 19.8 Å². The van der Waals surface area contributed by atoms with Crippen molar-refractivity contribution in [2.24, 2.45) is 5.92 Å². The van der Waals surface area contributed by atoms with Gasteiger partial charge in [0.25, 0.3) is 0 Å². The van der Waals surface area contributed by atoms with Crippen LogP contribution in [0.4, 0.5) is 0 Å². The van der Waals surface area contributed by atoms with E-state index in [1.165, 1.54) is 38.5 Å². The Balaban J connectivity index is 1.40. The maximum atomic E-state index is 9.17. The molecular formula is C15H27NO3. The summed E-state index contributed by atoms with van der Waals surface area (Å²) < 4.78 is 11.5. The highest BCUT2D eigenvalue weighted by Gasteiger charge is 2.40. The van der Waals surface area contributed by atoms with E-state index in [0.717, 1.165) is 26.1 Å². The van der Waals surface area contributed by atoms with Crippen molar-refractivity contribution in [3.05, 3.63) is 0 Å². The van der Waals surface area contributed by atoms with E-state index in [-0.39, 0.29) is 5.79 Å². The second-order valence-electron chi connectivity index (χ2n) is 6.45. The van der Waals surface area contributed by atoms with Crippen LogP contribution in [-0.4, -0.2) is 42.8 Å². The van der Waals surface area contributed by atoms with E-state index in [2.05, 4.69) is 5.32 Å². The van der Waals surface area contributed by atoms with Crippen molar-refractivity contribution in [1.29, 1.82) is 0 Å². The molecule has 3 fully saturated rings. The molecule has 0 amide bonds. The summed E-state index contributed by atoms with van der Waals surface area (Å²) in [5.74, 6) is 0.320. The van der Waals surface area contributed by atoms with Crippen molar-refractivity contribution in [3.63, 3.8) is 0 Å². The molecule has 0 aromatic carbocycles. The lowest BCUT2D eigenvalue weighted by Crippen LogP contribution is -2.46. The van der Waals surface area contributed by atoms with Gasteiger partial charge in [-0.05, 0) is 44.4 Å². The minimum absolute atomic E-state index is 0.229. The molecule has 3 rings (SSSR count). The number of aliphatic hydroxyl groups is 1. The van der Waals surface area contributed by atoms with Gasteiger partial charge >= 0.3 is 0 Å². The molecule has 1 spiro atoms. The lowest BCUT2D eigenvalue weighted by atomic mass is 9.84. The van der Waals surface area contributed by atoms with Crippen LogP contribution in [0.1, 0.15) is 51.4 Å². The second kappa shape index (κ2) is 6.08. The Morgan fingerprint density at radius 2 is 1.47 bits per heavy atom. The largest absolute Gasteiger partial charge is 0.396 e. The molecular weight excluding hydrogens is 242 g/mol. The minimum Gasteiger partial charge on any atom is -0.396 e. The monoisotopic (exact) mass is 269 g/mol. The molecule has 2 N–H and O–H groups in total. The third kappa shape index (κ3) is 3.30. The zero-order chi connectivity index (χ0) is 13.1. The molecule has 19 heavy (non-hydrogen) atoms. The quantitative estimate of drug-likeness (QED) is 0.820. The van der Waals surface area contributed by atoms with Gasteiger partial charge in [0.1, 0.15) is 0 Å². The lowest BCUT2D eigenvalue weighted by Gasteiger charge is -2.38. The highest BCUT2D eigenvalue weighted by atomic mass is 16.7. The molecule has 1 aliphatic heterocycles. The molecule has 1 heterocycles. The maximum Gasteiger partial charge on any atom is 0.168 e. The molecule has 4 heteroatoms. The first-order valence-corrected chi connectivity index (χ1v) is 7.94. The normalized spacial score (nSPS) is 35.8. The summed E-state index contributed by atoms with van der Waals surface area (Å²) in [6, 6.07) is 1.29. The summed E-state index contributed by atoms with van der Waals surface area (Å²) in [5, 5.41) is 13.0. The summed E-state index contributed by atoms with van der Waals surface area (Å²) in [6.45, 7) is 1.90. The predicted molar refractivity (Wildman–Crippen MR) is 72.9 cm³/mol. The lowest BCUT2D eigenvalue weighted by molar-refractivity contribution is -0.179. The fraction of sp³-hybridized carbons (Fsp3) is 1.00. The SMILES string of the molecule is OCC1CCC(NC2CCC3(CC2)OCCO3)CC1. The Morgan fingerprint density at radius 3 is 2.05 bits per heavy atom. The fourth-order valence-corrected chi connectivity index (χ4v) is 3.85. The zero-order valence-corrected chi connectivity index (χ0v) is 11.8. The van der Waals surface area contributed by atoms with Gasteiger partial charge in [0.05, 0.1) is 13.2 Å². The van der Waals surface area contributed by atoms with Gasteiger partial charge in [-0.15, -0.1) is 0 Å². The molecule has 4 nitrogen and oxygen atoms in total. The van der Waals surface area contributed by atoms with E-state index in [0.29, 0.717) is 24.6 Å². The van der Waals surface area contributed by atoms with Crippen LogP contribution in [0.2, 0.25) is 0 Å². The maximum absolute atomic E-state index is 9.17. The number of aliphatic hydroxyl groups excluding tert-OH is 1. The van der Waals surface area contributed by atoms with E-state index in [9.17, 15) is 0 Å². The molecule has 3 aliphatic rings. The number of hydrogen-bond donors (Lipinski definition) is 2. The summed E-state index contributed by atoms with van der Waals surface area (Å²) in [5.41, 5.74) is 0. The summed E-state index contributed by atoms with van der Waals surface area (Å²) in [6.07, 6.45) is 9.21. The van der Waals surface area contributed by atoms with Gasteiger partial charge in [-0.1, -0.05) is 0 Å². The van der Waals surface area contributed by atoms with Crippen molar-refractivity contribution in [3.8, 4) is 0 Å². The molecule has 110 valence electrons. The first kappa shape index (κ1) is 13.8. The molecule has 0 aromatic heterocycles. The van der Waals surface area contributed by atoms with Crippen molar-refractivity contribution >= 4 is 0 Å². The van der Waals surface area contributed by atoms with E-state index in [4.69, 9.17) is 14.6 Å². The van der Waals surface area contributed by atoms with Crippen LogP contribution in [0, 0.1) is 5.92 Å². The zero-order valence-electron chi connectivity index (χ0n) is 11.8. The van der Waals surface area contributed by atoms with Gasteiger partial charge < -0.3 is 19.9 Å². The Labute approximate surface area is 115 Å². The summed E-state index contributed by atoms with van der Waals surface area (Å²) in [7, 11) is 0. The van der Waals surface area contributed by atoms with Gasteiger partial charge in [-0.2, -0.15) is 0 Å². The van der Waals surface area contributed by atoms with Crippen molar-refractivity contribution in [1.82, 2.24) is 5.32 Å². The van der Waals surface area contributed by atoms with Crippen LogP contribution in [0.25, 0.3) is 0 Å². The average Bonchev–Trinajstić information content (AvgIpc) is 2.91. The minimum atomic E-state index is -0.229. The van der Waals surface area contributed by atoms with Crippen LogP contribution in [0.5, 0.6) is 0 Å². The highest BCUT2D eigenvalue weighted by molar-refractivity contribution is 4.88. The average molecular weight is 269 g/mol. The smallest absolute Gasteiger partial charge is 0.168 e. The molecule has 0 bridgehead atoms. The first-order valence-electron chi connectivity index (χ1n) is 7.94. The van der Waals surface area contributed by atoms with Gasteiger partial charge in [-0.25, -0.2) is 0 Å². The van der Waals surface area contributed by atoms with Crippen LogP contribution < -0.4 is 5.32 Å². The molecule has 2 aliphatic carbocycles. The van der Waals surface area contributed by atoms with Gasteiger partial charge in [0.15, 0.2) is 5.79 Å². The molecule has 1 saturated heterocycles. The van der Waals surface area contributed by atoms with Crippen molar-refractivity contribution < 1.29 is 14.6 Å². The number of nitrogens with one attached hydrogen (secondary N) is 1. The van der Waals surface area contributed by atoms with E-state index in [1.54, 1.807) is 0 Å². The predicted octanol–water partition coefficient (Wildman–Crippen LogP) is 1.81. The van der Waals surface area contributed by atoms with E-state index >= 15 is 0 Å². The van der Waals surface area contributed by atoms with E-state index < -0.39 is 0 Å². The van der Waals surface area contributed by atoms with Crippen LogP contribution >= 0.6 is 0 Å².